The quantitative estimate of drug-likeness (QED) is 0.461. The van der Waals surface area contributed by atoms with Gasteiger partial charge in [-0.2, -0.15) is 4.31 Å². The van der Waals surface area contributed by atoms with Crippen LogP contribution in [0.25, 0.3) is 0 Å². The minimum Gasteiger partial charge on any atom is -0.466 e. The van der Waals surface area contributed by atoms with Crippen LogP contribution in [0, 0.1) is 0 Å². The van der Waals surface area contributed by atoms with Gasteiger partial charge in [0.15, 0.2) is 5.54 Å². The highest BCUT2D eigenvalue weighted by molar-refractivity contribution is 7.89. The molecule has 1 aliphatic rings. The molecule has 2 aromatic carbocycles. The molecule has 0 bridgehead atoms. The van der Waals surface area contributed by atoms with Gasteiger partial charge in [0, 0.05) is 19.3 Å². The molecule has 11 heteroatoms. The molecule has 1 unspecified atom stereocenters. The predicted molar refractivity (Wildman–Crippen MR) is 126 cm³/mol. The van der Waals surface area contributed by atoms with Gasteiger partial charge in [0.2, 0.25) is 15.9 Å². The van der Waals surface area contributed by atoms with E-state index in [2.05, 4.69) is 10.6 Å². The lowest BCUT2D eigenvalue weighted by molar-refractivity contribution is -0.134. The third-order valence-corrected chi connectivity index (χ3v) is 7.50. The number of anilines is 1. The van der Waals surface area contributed by atoms with E-state index in [9.17, 15) is 22.8 Å². The van der Waals surface area contributed by atoms with Crippen LogP contribution in [0.5, 0.6) is 0 Å². The van der Waals surface area contributed by atoms with Gasteiger partial charge in [0.25, 0.3) is 5.91 Å². The molecular weight excluding hydrogens is 472 g/mol. The summed E-state index contributed by atoms with van der Waals surface area (Å²) in [6, 6.07) is 17.3. The van der Waals surface area contributed by atoms with Crippen LogP contribution in [0.4, 0.5) is 10.5 Å². The highest BCUT2D eigenvalue weighted by atomic mass is 32.2. The first-order valence-corrected chi connectivity index (χ1v) is 12.1. The number of carbonyl (C=O) groups excluding carboxylic acids is 3. The molecule has 0 spiro atoms. The number of urea groups is 1. The number of nitrogens with one attached hydrogen (secondary N) is 2. The van der Waals surface area contributed by atoms with Gasteiger partial charge in [-0.3, -0.25) is 14.5 Å². The zero-order chi connectivity index (χ0) is 25.2. The molecule has 0 radical (unpaired) electrons. The fourth-order valence-electron chi connectivity index (χ4n) is 3.73. The molecule has 182 valence electrons. The Labute approximate surface area is 202 Å². The van der Waals surface area contributed by atoms with Crippen molar-refractivity contribution in [2.75, 3.05) is 18.9 Å². The lowest BCUT2D eigenvalue weighted by atomic mass is 9.99. The number of furan rings is 1. The van der Waals surface area contributed by atoms with E-state index in [1.807, 2.05) is 30.3 Å². The van der Waals surface area contributed by atoms with Gasteiger partial charge in [0.1, 0.15) is 12.3 Å². The molecule has 1 saturated heterocycles. The molecule has 1 fully saturated rings. The molecule has 1 atom stereocenters. The third-order valence-electron chi connectivity index (χ3n) is 5.68. The number of sulfonamides is 1. The zero-order valence-corrected chi connectivity index (χ0v) is 19.9. The summed E-state index contributed by atoms with van der Waals surface area (Å²) in [5, 5.41) is 5.12. The first-order valence-electron chi connectivity index (χ1n) is 10.7. The number of rotatable bonds is 8. The fraction of sp³-hybridized carbons (Fsp3) is 0.208. The number of hydrogen-bond acceptors (Lipinski definition) is 6. The minimum atomic E-state index is -3.74. The Morgan fingerprint density at radius 3 is 2.37 bits per heavy atom. The van der Waals surface area contributed by atoms with Gasteiger partial charge in [-0.05, 0) is 48.9 Å². The van der Waals surface area contributed by atoms with Gasteiger partial charge >= 0.3 is 6.03 Å². The van der Waals surface area contributed by atoms with Crippen LogP contribution in [0.2, 0.25) is 0 Å². The van der Waals surface area contributed by atoms with Gasteiger partial charge in [-0.15, -0.1) is 0 Å². The summed E-state index contributed by atoms with van der Waals surface area (Å²) in [6.07, 6.45) is 1.39. The van der Waals surface area contributed by atoms with Crippen molar-refractivity contribution in [3.63, 3.8) is 0 Å². The van der Waals surface area contributed by atoms with Gasteiger partial charge in [0.05, 0.1) is 11.2 Å². The summed E-state index contributed by atoms with van der Waals surface area (Å²) >= 11 is 0. The monoisotopic (exact) mass is 496 g/mol. The Kier molecular flexibility index (Phi) is 6.46. The van der Waals surface area contributed by atoms with E-state index in [0.29, 0.717) is 5.69 Å². The molecule has 0 aliphatic carbocycles. The Balaban J connectivity index is 1.39. The Bertz CT molecular complexity index is 1340. The molecule has 10 nitrogen and oxygen atoms in total. The standard InChI is InChI=1S/C24H24N4O6S/c1-24(20-9-6-14-34-20)22(30)28(23(31)26-24)16-21(29)25-18-10-12-19(13-11-18)35(32,33)27(2)15-17-7-4-3-5-8-17/h3-14H,15-16H2,1-2H3,(H,25,29)(H,26,31). The number of benzene rings is 2. The van der Waals surface area contributed by atoms with Crippen LogP contribution in [-0.2, 0) is 31.7 Å². The van der Waals surface area contributed by atoms with E-state index in [1.165, 1.54) is 48.8 Å². The topological polar surface area (TPSA) is 129 Å². The van der Waals surface area contributed by atoms with Crippen molar-refractivity contribution in [1.82, 2.24) is 14.5 Å². The number of imide groups is 1. The number of carbonyl (C=O) groups is 3. The highest BCUT2D eigenvalue weighted by Gasteiger charge is 2.51. The maximum Gasteiger partial charge on any atom is 0.325 e. The summed E-state index contributed by atoms with van der Waals surface area (Å²) in [6.45, 7) is 1.20. The van der Waals surface area contributed by atoms with Crippen molar-refractivity contribution < 1.29 is 27.2 Å². The summed E-state index contributed by atoms with van der Waals surface area (Å²) < 4.78 is 32.2. The van der Waals surface area contributed by atoms with Gasteiger partial charge < -0.3 is 15.1 Å². The van der Waals surface area contributed by atoms with Gasteiger partial charge in [-0.25, -0.2) is 13.2 Å². The summed E-state index contributed by atoms with van der Waals surface area (Å²) in [5.41, 5.74) is -0.227. The van der Waals surface area contributed by atoms with Crippen LogP contribution in [0.3, 0.4) is 0 Å². The normalized spacial score (nSPS) is 18.1. The zero-order valence-electron chi connectivity index (χ0n) is 19.1. The average molecular weight is 497 g/mol. The van der Waals surface area contributed by atoms with Crippen LogP contribution in [0.15, 0.2) is 82.3 Å². The predicted octanol–water partition coefficient (Wildman–Crippen LogP) is 2.51. The lowest BCUT2D eigenvalue weighted by Gasteiger charge is -2.19. The van der Waals surface area contributed by atoms with E-state index in [-0.39, 0.29) is 17.2 Å². The molecule has 2 heterocycles. The molecule has 3 aromatic rings. The van der Waals surface area contributed by atoms with Crippen molar-refractivity contribution in [2.45, 2.75) is 23.9 Å². The van der Waals surface area contributed by atoms with E-state index in [4.69, 9.17) is 4.42 Å². The SMILES string of the molecule is CN(Cc1ccccc1)S(=O)(=O)c1ccc(NC(=O)CN2C(=O)NC(C)(c3ccco3)C2=O)cc1. The van der Waals surface area contributed by atoms with Crippen LogP contribution in [0.1, 0.15) is 18.2 Å². The molecule has 4 amide bonds. The van der Waals surface area contributed by atoms with E-state index < -0.39 is 40.0 Å². The lowest BCUT2D eigenvalue weighted by Crippen LogP contribution is -2.41. The van der Waals surface area contributed by atoms with Gasteiger partial charge in [-0.1, -0.05) is 30.3 Å². The molecule has 1 aliphatic heterocycles. The van der Waals surface area contributed by atoms with Crippen molar-refractivity contribution in [3.8, 4) is 0 Å². The average Bonchev–Trinajstić information content (AvgIpc) is 3.45. The fourth-order valence-corrected chi connectivity index (χ4v) is 4.89. The van der Waals surface area contributed by atoms with Crippen molar-refractivity contribution in [1.29, 1.82) is 0 Å². The smallest absolute Gasteiger partial charge is 0.325 e. The molecule has 2 N–H and O–H groups in total. The Morgan fingerprint density at radius 2 is 1.74 bits per heavy atom. The Morgan fingerprint density at radius 1 is 1.06 bits per heavy atom. The molecular formula is C24H24N4O6S. The number of amides is 4. The minimum absolute atomic E-state index is 0.0669. The first-order chi connectivity index (χ1) is 16.6. The van der Waals surface area contributed by atoms with Crippen LogP contribution in [-0.4, -0.2) is 49.1 Å². The van der Waals surface area contributed by atoms with E-state index in [0.717, 1.165) is 10.5 Å². The Hall–Kier alpha value is -3.96. The summed E-state index contributed by atoms with van der Waals surface area (Å²) in [7, 11) is -2.25. The summed E-state index contributed by atoms with van der Waals surface area (Å²) in [5.74, 6) is -0.975. The molecule has 1 aromatic heterocycles. The van der Waals surface area contributed by atoms with Crippen molar-refractivity contribution in [3.05, 3.63) is 84.3 Å². The summed E-state index contributed by atoms with van der Waals surface area (Å²) in [4.78, 5) is 38.5. The third kappa shape index (κ3) is 4.81. The second-order valence-electron chi connectivity index (χ2n) is 8.24. The van der Waals surface area contributed by atoms with Crippen LogP contribution >= 0.6 is 0 Å². The van der Waals surface area contributed by atoms with E-state index in [1.54, 1.807) is 12.1 Å². The number of hydrogen-bond donors (Lipinski definition) is 2. The first kappa shape index (κ1) is 24.2. The number of nitrogens with zero attached hydrogens (tertiary/aromatic N) is 2. The highest BCUT2D eigenvalue weighted by Crippen LogP contribution is 2.29. The largest absolute Gasteiger partial charge is 0.466 e. The second-order valence-corrected chi connectivity index (χ2v) is 10.3. The van der Waals surface area contributed by atoms with Crippen molar-refractivity contribution in [2.24, 2.45) is 0 Å². The van der Waals surface area contributed by atoms with Crippen molar-refractivity contribution >= 4 is 33.6 Å². The maximum atomic E-state index is 12.9. The molecule has 4 rings (SSSR count). The van der Waals surface area contributed by atoms with E-state index >= 15 is 0 Å². The molecule has 0 saturated carbocycles. The maximum absolute atomic E-state index is 12.9. The van der Waals surface area contributed by atoms with Crippen LogP contribution < -0.4 is 10.6 Å². The molecule has 35 heavy (non-hydrogen) atoms. The second kappa shape index (κ2) is 9.35.